The van der Waals surface area contributed by atoms with E-state index in [0.717, 1.165) is 30.6 Å². The maximum atomic E-state index is 11.2. The molecule has 4 nitrogen and oxygen atoms in total. The van der Waals surface area contributed by atoms with Gasteiger partial charge in [-0.3, -0.25) is 0 Å². The van der Waals surface area contributed by atoms with E-state index in [-0.39, 0.29) is 5.56 Å². The summed E-state index contributed by atoms with van der Waals surface area (Å²) >= 11 is 0. The molecular formula is C15H16N2O2. The minimum Gasteiger partial charge on any atom is -0.478 e. The highest BCUT2D eigenvalue weighted by Gasteiger charge is 2.11. The van der Waals surface area contributed by atoms with Gasteiger partial charge < -0.3 is 10.4 Å². The molecule has 0 spiro atoms. The molecule has 19 heavy (non-hydrogen) atoms. The van der Waals surface area contributed by atoms with Crippen LogP contribution in [-0.2, 0) is 0 Å². The normalized spacial score (nSPS) is 10.3. The second-order valence-corrected chi connectivity index (χ2v) is 4.23. The SMILES string of the molecule is C=CCCCNc1ncc(C(=O)O)c2ccccc12. The zero-order valence-corrected chi connectivity index (χ0v) is 10.6. The number of hydrogen-bond acceptors (Lipinski definition) is 3. The molecule has 4 heteroatoms. The van der Waals surface area contributed by atoms with E-state index in [1.807, 2.05) is 24.3 Å². The first kappa shape index (κ1) is 13.1. The Morgan fingerprint density at radius 2 is 2.11 bits per heavy atom. The van der Waals surface area contributed by atoms with Gasteiger partial charge in [-0.1, -0.05) is 30.3 Å². The first-order chi connectivity index (χ1) is 9.24. The van der Waals surface area contributed by atoms with Gasteiger partial charge in [0.15, 0.2) is 0 Å². The van der Waals surface area contributed by atoms with Crippen molar-refractivity contribution in [3.05, 3.63) is 48.7 Å². The smallest absolute Gasteiger partial charge is 0.337 e. The Labute approximate surface area is 111 Å². The van der Waals surface area contributed by atoms with Crippen LogP contribution in [0.1, 0.15) is 23.2 Å². The quantitative estimate of drug-likeness (QED) is 0.615. The molecule has 0 radical (unpaired) electrons. The number of anilines is 1. The van der Waals surface area contributed by atoms with Gasteiger partial charge in [-0.2, -0.15) is 0 Å². The molecule has 0 bridgehead atoms. The van der Waals surface area contributed by atoms with Crippen LogP contribution in [0.25, 0.3) is 10.8 Å². The van der Waals surface area contributed by atoms with Gasteiger partial charge in [0, 0.05) is 23.5 Å². The molecule has 0 aliphatic rings. The van der Waals surface area contributed by atoms with E-state index in [2.05, 4.69) is 16.9 Å². The fraction of sp³-hybridized carbons (Fsp3) is 0.200. The molecule has 0 aliphatic heterocycles. The summed E-state index contributed by atoms with van der Waals surface area (Å²) in [5.74, 6) is -0.230. The third-order valence-electron chi connectivity index (χ3n) is 2.90. The van der Waals surface area contributed by atoms with Crippen molar-refractivity contribution in [2.45, 2.75) is 12.8 Å². The standard InChI is InChI=1S/C15H16N2O2/c1-2-3-6-9-16-14-12-8-5-4-7-11(12)13(10-17-14)15(18)19/h2,4-5,7-8,10H,1,3,6,9H2,(H,16,17)(H,18,19). The van der Waals surface area contributed by atoms with E-state index in [1.54, 1.807) is 6.07 Å². The van der Waals surface area contributed by atoms with Crippen molar-refractivity contribution in [2.24, 2.45) is 0 Å². The van der Waals surface area contributed by atoms with Gasteiger partial charge in [-0.05, 0) is 12.8 Å². The number of allylic oxidation sites excluding steroid dienone is 1. The van der Waals surface area contributed by atoms with E-state index >= 15 is 0 Å². The highest BCUT2D eigenvalue weighted by molar-refractivity contribution is 6.06. The largest absolute Gasteiger partial charge is 0.478 e. The topological polar surface area (TPSA) is 62.2 Å². The number of carboxylic acids is 1. The van der Waals surface area contributed by atoms with Gasteiger partial charge >= 0.3 is 5.97 Å². The van der Waals surface area contributed by atoms with Gasteiger partial charge in [0.25, 0.3) is 0 Å². The van der Waals surface area contributed by atoms with Crippen LogP contribution in [0.5, 0.6) is 0 Å². The second-order valence-electron chi connectivity index (χ2n) is 4.23. The predicted octanol–water partition coefficient (Wildman–Crippen LogP) is 3.31. The lowest BCUT2D eigenvalue weighted by Crippen LogP contribution is -2.06. The highest BCUT2D eigenvalue weighted by Crippen LogP contribution is 2.24. The number of unbranched alkanes of at least 4 members (excludes halogenated alkanes) is 1. The van der Waals surface area contributed by atoms with Crippen LogP contribution >= 0.6 is 0 Å². The highest BCUT2D eigenvalue weighted by atomic mass is 16.4. The Morgan fingerprint density at radius 1 is 1.37 bits per heavy atom. The number of carboxylic acid groups (broad SMARTS) is 1. The number of pyridine rings is 1. The molecule has 1 aromatic heterocycles. The summed E-state index contributed by atoms with van der Waals surface area (Å²) in [4.78, 5) is 15.4. The van der Waals surface area contributed by atoms with Gasteiger partial charge in [-0.25, -0.2) is 9.78 Å². The molecule has 2 N–H and O–H groups in total. The maximum absolute atomic E-state index is 11.2. The first-order valence-corrected chi connectivity index (χ1v) is 6.20. The molecule has 2 rings (SSSR count). The molecule has 0 saturated carbocycles. The van der Waals surface area contributed by atoms with Crippen molar-refractivity contribution in [3.63, 3.8) is 0 Å². The third-order valence-corrected chi connectivity index (χ3v) is 2.90. The Bertz CT molecular complexity index is 608. The molecule has 1 heterocycles. The Balaban J connectivity index is 2.33. The van der Waals surface area contributed by atoms with E-state index in [1.165, 1.54) is 6.20 Å². The molecule has 0 amide bonds. The van der Waals surface area contributed by atoms with Crippen molar-refractivity contribution >= 4 is 22.6 Å². The third kappa shape index (κ3) is 2.91. The van der Waals surface area contributed by atoms with Crippen molar-refractivity contribution < 1.29 is 9.90 Å². The maximum Gasteiger partial charge on any atom is 0.337 e. The molecule has 1 aromatic carbocycles. The average molecular weight is 256 g/mol. The summed E-state index contributed by atoms with van der Waals surface area (Å²) in [5.41, 5.74) is 0.229. The number of rotatable bonds is 6. The molecule has 0 aliphatic carbocycles. The second kappa shape index (κ2) is 6.00. The summed E-state index contributed by atoms with van der Waals surface area (Å²) in [6.07, 6.45) is 5.19. The molecule has 98 valence electrons. The number of carbonyl (C=O) groups is 1. The lowest BCUT2D eigenvalue weighted by Gasteiger charge is -2.09. The average Bonchev–Trinajstić information content (AvgIpc) is 2.43. The number of aromatic nitrogens is 1. The number of aromatic carboxylic acids is 1. The van der Waals surface area contributed by atoms with E-state index in [9.17, 15) is 4.79 Å². The van der Waals surface area contributed by atoms with Gasteiger partial charge in [-0.15, -0.1) is 6.58 Å². The summed E-state index contributed by atoms with van der Waals surface area (Å²) < 4.78 is 0. The summed E-state index contributed by atoms with van der Waals surface area (Å²) in [6.45, 7) is 4.46. The van der Waals surface area contributed by atoms with Crippen molar-refractivity contribution in [1.82, 2.24) is 4.98 Å². The molecule has 0 saturated heterocycles. The zero-order valence-electron chi connectivity index (χ0n) is 10.6. The van der Waals surface area contributed by atoms with E-state index in [0.29, 0.717) is 5.39 Å². The molecular weight excluding hydrogens is 240 g/mol. The predicted molar refractivity (Wildman–Crippen MR) is 76.6 cm³/mol. The van der Waals surface area contributed by atoms with Crippen LogP contribution in [0.2, 0.25) is 0 Å². The van der Waals surface area contributed by atoms with Crippen molar-refractivity contribution in [3.8, 4) is 0 Å². The van der Waals surface area contributed by atoms with Gasteiger partial charge in [0.05, 0.1) is 5.56 Å². The summed E-state index contributed by atoms with van der Waals surface area (Å²) in [6, 6.07) is 7.39. The fourth-order valence-corrected chi connectivity index (χ4v) is 1.96. The minimum absolute atomic E-state index is 0.229. The number of nitrogens with zero attached hydrogens (tertiary/aromatic N) is 1. The minimum atomic E-state index is -0.957. The number of nitrogens with one attached hydrogen (secondary N) is 1. The molecule has 0 fully saturated rings. The molecule has 0 atom stereocenters. The van der Waals surface area contributed by atoms with Crippen LogP contribution < -0.4 is 5.32 Å². The molecule has 2 aromatic rings. The zero-order chi connectivity index (χ0) is 13.7. The molecule has 0 unspecified atom stereocenters. The monoisotopic (exact) mass is 256 g/mol. The van der Waals surface area contributed by atoms with E-state index < -0.39 is 5.97 Å². The number of hydrogen-bond donors (Lipinski definition) is 2. The Hall–Kier alpha value is -2.36. The summed E-state index contributed by atoms with van der Waals surface area (Å²) in [5, 5.41) is 13.9. The lowest BCUT2D eigenvalue weighted by atomic mass is 10.1. The van der Waals surface area contributed by atoms with Crippen molar-refractivity contribution in [1.29, 1.82) is 0 Å². The van der Waals surface area contributed by atoms with Gasteiger partial charge in [0.2, 0.25) is 0 Å². The van der Waals surface area contributed by atoms with Crippen LogP contribution in [0.3, 0.4) is 0 Å². The number of benzene rings is 1. The van der Waals surface area contributed by atoms with Crippen LogP contribution in [0.15, 0.2) is 43.1 Å². The van der Waals surface area contributed by atoms with E-state index in [4.69, 9.17) is 5.11 Å². The summed E-state index contributed by atoms with van der Waals surface area (Å²) in [7, 11) is 0. The van der Waals surface area contributed by atoms with Crippen LogP contribution in [-0.4, -0.2) is 22.6 Å². The van der Waals surface area contributed by atoms with Crippen LogP contribution in [0.4, 0.5) is 5.82 Å². The van der Waals surface area contributed by atoms with Gasteiger partial charge in [0.1, 0.15) is 5.82 Å². The van der Waals surface area contributed by atoms with Crippen molar-refractivity contribution in [2.75, 3.05) is 11.9 Å². The first-order valence-electron chi connectivity index (χ1n) is 6.20. The Morgan fingerprint density at radius 3 is 2.79 bits per heavy atom. The Kier molecular flexibility index (Phi) is 4.13. The van der Waals surface area contributed by atoms with Crippen LogP contribution in [0, 0.1) is 0 Å². The fourth-order valence-electron chi connectivity index (χ4n) is 1.96. The lowest BCUT2D eigenvalue weighted by molar-refractivity contribution is 0.0698. The number of fused-ring (bicyclic) bond motifs is 1.